The first-order valence-corrected chi connectivity index (χ1v) is 11.4. The molecule has 0 aliphatic carbocycles. The van der Waals surface area contributed by atoms with E-state index in [-0.39, 0.29) is 12.5 Å². The number of hydrogen-bond donors (Lipinski definition) is 3. The van der Waals surface area contributed by atoms with Crippen LogP contribution in [0.4, 0.5) is 0 Å². The van der Waals surface area contributed by atoms with Crippen LogP contribution in [0.25, 0.3) is 43.6 Å². The summed E-state index contributed by atoms with van der Waals surface area (Å²) in [7, 11) is 0. The predicted octanol–water partition coefficient (Wildman–Crippen LogP) is 3.44. The monoisotopic (exact) mass is 438 g/mol. The maximum atomic E-state index is 13.2. The second kappa shape index (κ2) is 5.39. The largest absolute Gasteiger partial charge is 0.383 e. The second-order valence-electron chi connectivity index (χ2n) is 9.72. The molecule has 0 spiro atoms. The number of nitrogens with two attached hydrogens (primary N) is 1. The summed E-state index contributed by atoms with van der Waals surface area (Å²) in [6.07, 6.45) is -0.0415. The van der Waals surface area contributed by atoms with Crippen LogP contribution in [0.5, 0.6) is 0 Å². The van der Waals surface area contributed by atoms with E-state index in [1.807, 2.05) is 31.2 Å². The number of rotatable bonds is 1. The third-order valence-corrected chi connectivity index (χ3v) is 8.31. The summed E-state index contributed by atoms with van der Waals surface area (Å²) in [5.74, 6) is -0.0355. The van der Waals surface area contributed by atoms with Crippen LogP contribution in [0.15, 0.2) is 48.5 Å². The summed E-state index contributed by atoms with van der Waals surface area (Å²) >= 11 is 0. The number of ether oxygens (including phenoxy) is 1. The third-order valence-electron chi connectivity index (χ3n) is 8.31. The number of nitrogens with one attached hydrogen (secondary N) is 1. The van der Waals surface area contributed by atoms with Crippen molar-refractivity contribution < 1.29 is 14.6 Å². The first-order valence-electron chi connectivity index (χ1n) is 11.4. The summed E-state index contributed by atoms with van der Waals surface area (Å²) < 4.78 is 11.1. The molecular weight excluding hydrogens is 416 g/mol. The molecule has 0 saturated carbocycles. The van der Waals surface area contributed by atoms with Gasteiger partial charge in [-0.15, -0.1) is 0 Å². The Morgan fingerprint density at radius 2 is 1.79 bits per heavy atom. The van der Waals surface area contributed by atoms with Crippen LogP contribution in [-0.4, -0.2) is 32.3 Å². The number of benzene rings is 3. The molecule has 3 aromatic carbocycles. The van der Waals surface area contributed by atoms with E-state index in [4.69, 9.17) is 10.5 Å². The Balaban J connectivity index is 1.78. The molecule has 7 nitrogen and oxygen atoms in total. The molecule has 164 valence electrons. The molecule has 4 N–H and O–H groups in total. The molecule has 5 aromatic rings. The van der Waals surface area contributed by atoms with Crippen LogP contribution in [0.1, 0.15) is 35.5 Å². The van der Waals surface area contributed by atoms with Crippen LogP contribution in [0, 0.1) is 0 Å². The zero-order valence-electron chi connectivity index (χ0n) is 18.1. The minimum absolute atomic E-state index is 0.0355. The van der Waals surface area contributed by atoms with Crippen LogP contribution < -0.4 is 11.1 Å². The average molecular weight is 438 g/mol. The van der Waals surface area contributed by atoms with Gasteiger partial charge in [-0.3, -0.25) is 4.79 Å². The van der Waals surface area contributed by atoms with E-state index >= 15 is 0 Å². The van der Waals surface area contributed by atoms with Gasteiger partial charge in [0, 0.05) is 41.1 Å². The Morgan fingerprint density at radius 1 is 1.09 bits per heavy atom. The fourth-order valence-electron chi connectivity index (χ4n) is 6.79. The van der Waals surface area contributed by atoms with E-state index in [9.17, 15) is 9.90 Å². The average Bonchev–Trinajstić information content (AvgIpc) is 3.51. The van der Waals surface area contributed by atoms with Crippen molar-refractivity contribution in [2.75, 3.05) is 6.54 Å². The second-order valence-corrected chi connectivity index (χ2v) is 9.72. The molecule has 5 heterocycles. The Morgan fingerprint density at radius 3 is 2.55 bits per heavy atom. The molecule has 0 unspecified atom stereocenters. The zero-order chi connectivity index (χ0) is 22.3. The van der Waals surface area contributed by atoms with Crippen molar-refractivity contribution in [1.82, 2.24) is 14.5 Å². The molecule has 3 aliphatic heterocycles. The predicted molar refractivity (Wildman–Crippen MR) is 126 cm³/mol. The van der Waals surface area contributed by atoms with E-state index in [0.29, 0.717) is 13.0 Å². The van der Waals surface area contributed by atoms with Gasteiger partial charge in [0.25, 0.3) is 5.91 Å². The van der Waals surface area contributed by atoms with Crippen LogP contribution >= 0.6 is 0 Å². The molecule has 1 saturated heterocycles. The van der Waals surface area contributed by atoms with Gasteiger partial charge < -0.3 is 30.0 Å². The minimum atomic E-state index is -1.26. The molecule has 1 amide bonds. The fraction of sp³-hybridized carbons (Fsp3) is 0.269. The molecule has 3 atom stereocenters. The molecule has 2 aromatic heterocycles. The smallest absolute Gasteiger partial charge is 0.252 e. The maximum absolute atomic E-state index is 13.2. The molecule has 7 heteroatoms. The first-order chi connectivity index (χ1) is 16.0. The number of aromatic nitrogens is 2. The van der Waals surface area contributed by atoms with E-state index in [0.717, 1.165) is 54.7 Å². The lowest BCUT2D eigenvalue weighted by atomic mass is 9.89. The van der Waals surface area contributed by atoms with Gasteiger partial charge in [0.05, 0.1) is 27.6 Å². The summed E-state index contributed by atoms with van der Waals surface area (Å²) in [6, 6.07) is 16.3. The van der Waals surface area contributed by atoms with E-state index < -0.39 is 17.6 Å². The Hall–Kier alpha value is -3.39. The Bertz CT molecular complexity index is 1730. The van der Waals surface area contributed by atoms with Crippen molar-refractivity contribution in [3.8, 4) is 0 Å². The number of nitrogens with zero attached hydrogens (tertiary/aromatic N) is 2. The highest BCUT2D eigenvalue weighted by molar-refractivity contribution is 6.31. The number of carbonyl (C=O) groups excluding carboxylic acids is 1. The van der Waals surface area contributed by atoms with Gasteiger partial charge in [-0.25, -0.2) is 0 Å². The molecule has 1 fully saturated rings. The molecular formula is C26H22N4O3. The fourth-order valence-corrected chi connectivity index (χ4v) is 6.79. The topological polar surface area (TPSA) is 94.4 Å². The van der Waals surface area contributed by atoms with Crippen molar-refractivity contribution in [2.24, 2.45) is 5.73 Å². The van der Waals surface area contributed by atoms with Crippen LogP contribution in [0.2, 0.25) is 0 Å². The van der Waals surface area contributed by atoms with Gasteiger partial charge in [-0.2, -0.15) is 0 Å². The lowest BCUT2D eigenvalue weighted by Crippen LogP contribution is -2.55. The summed E-state index contributed by atoms with van der Waals surface area (Å²) in [6.45, 7) is 2.51. The number of carbonyl (C=O) groups is 1. The van der Waals surface area contributed by atoms with Crippen molar-refractivity contribution in [2.45, 2.75) is 37.4 Å². The van der Waals surface area contributed by atoms with Crippen LogP contribution in [0.3, 0.4) is 0 Å². The first kappa shape index (κ1) is 18.1. The van der Waals surface area contributed by atoms with E-state index in [1.54, 1.807) is 0 Å². The lowest BCUT2D eigenvalue weighted by molar-refractivity contribution is -0.173. The molecule has 3 aliphatic rings. The van der Waals surface area contributed by atoms with Crippen molar-refractivity contribution in [1.29, 1.82) is 0 Å². The summed E-state index contributed by atoms with van der Waals surface area (Å²) in [4.78, 5) is 13.2. The number of para-hydroxylation sites is 2. The minimum Gasteiger partial charge on any atom is -0.383 e. The number of fused-ring (bicyclic) bond motifs is 13. The van der Waals surface area contributed by atoms with Crippen molar-refractivity contribution in [3.63, 3.8) is 0 Å². The summed E-state index contributed by atoms with van der Waals surface area (Å²) in [5.41, 5.74) is 9.61. The van der Waals surface area contributed by atoms with Gasteiger partial charge in [-0.05, 0) is 24.6 Å². The molecule has 33 heavy (non-hydrogen) atoms. The number of amides is 1. The normalized spacial score (nSPS) is 27.8. The van der Waals surface area contributed by atoms with E-state index in [1.165, 1.54) is 0 Å². The van der Waals surface area contributed by atoms with Crippen LogP contribution in [-0.2, 0) is 17.0 Å². The Kier molecular flexibility index (Phi) is 2.95. The number of aliphatic hydroxyl groups is 1. The molecule has 2 bridgehead atoms. The van der Waals surface area contributed by atoms with Crippen molar-refractivity contribution in [3.05, 3.63) is 59.7 Å². The van der Waals surface area contributed by atoms with Gasteiger partial charge in [0.1, 0.15) is 11.8 Å². The standard InChI is InChI=1S/C26H22N4O3/c1-25-26(32,12-27)10-18(33-25)29-16-8-4-2-6-13(16)20-21-15(11-28-24(21)31)19-14-7-3-5-9-17(14)30(25)23(19)22(20)29/h2-9,18,32H,10-12,27H2,1H3,(H,28,31)/t18-,25-,26+/m0/s1. The lowest BCUT2D eigenvalue weighted by Gasteiger charge is -2.39. The van der Waals surface area contributed by atoms with Gasteiger partial charge in [0.2, 0.25) is 0 Å². The zero-order valence-corrected chi connectivity index (χ0v) is 18.1. The van der Waals surface area contributed by atoms with Gasteiger partial charge >= 0.3 is 0 Å². The summed E-state index contributed by atoms with van der Waals surface area (Å²) in [5, 5.41) is 19.0. The van der Waals surface area contributed by atoms with Gasteiger partial charge in [-0.1, -0.05) is 36.4 Å². The maximum Gasteiger partial charge on any atom is 0.252 e. The molecule has 8 rings (SSSR count). The van der Waals surface area contributed by atoms with E-state index in [2.05, 4.69) is 38.7 Å². The quantitative estimate of drug-likeness (QED) is 0.374. The molecule has 0 radical (unpaired) electrons. The Labute approximate surface area is 188 Å². The highest BCUT2D eigenvalue weighted by Gasteiger charge is 2.60. The SMILES string of the molecule is C[C@]12O[C@@H](C[C@@]1(O)CN)n1c3ccccc3c3c4c(c5c6ccccc6n2c5c31)CNC4=O. The number of hydrogen-bond acceptors (Lipinski definition) is 4. The highest BCUT2D eigenvalue weighted by Crippen LogP contribution is 2.57. The highest BCUT2D eigenvalue weighted by atomic mass is 16.6. The van der Waals surface area contributed by atoms with Crippen molar-refractivity contribution >= 4 is 49.5 Å². The third kappa shape index (κ3) is 1.75. The van der Waals surface area contributed by atoms with Gasteiger partial charge in [0.15, 0.2) is 5.72 Å².